The standard InChI is InChI=1S/C29H26ClFN2O4S/c1-21-6-16-26(17-7-21)38(35,36)33(28-5-3-2-4-27(28)30)19-29(34)32-18-22-10-14-25(15-11-22)37-20-23-8-12-24(31)13-9-23/h2-17H,18-20H2,1H3,(H,32,34). The van der Waals surface area contributed by atoms with Crippen LogP contribution in [0.15, 0.2) is 102 Å². The van der Waals surface area contributed by atoms with Crippen LogP contribution in [0.25, 0.3) is 0 Å². The van der Waals surface area contributed by atoms with Crippen LogP contribution in [0.1, 0.15) is 16.7 Å². The molecule has 0 spiro atoms. The van der Waals surface area contributed by atoms with Crippen LogP contribution in [0.2, 0.25) is 5.02 Å². The molecule has 4 aromatic carbocycles. The SMILES string of the molecule is Cc1ccc(S(=O)(=O)N(CC(=O)NCc2ccc(OCc3ccc(F)cc3)cc2)c2ccccc2Cl)cc1. The highest BCUT2D eigenvalue weighted by Gasteiger charge is 2.28. The zero-order valence-corrected chi connectivity index (χ0v) is 22.2. The van der Waals surface area contributed by atoms with Gasteiger partial charge in [-0.05, 0) is 66.6 Å². The Morgan fingerprint density at radius 3 is 2.18 bits per heavy atom. The largest absolute Gasteiger partial charge is 0.489 e. The number of ether oxygens (including phenoxy) is 1. The number of aryl methyl sites for hydroxylation is 1. The Morgan fingerprint density at radius 2 is 1.53 bits per heavy atom. The van der Waals surface area contributed by atoms with E-state index in [1.54, 1.807) is 72.8 Å². The average molecular weight is 553 g/mol. The minimum atomic E-state index is -4.06. The zero-order valence-electron chi connectivity index (χ0n) is 20.6. The third-order valence-electron chi connectivity index (χ3n) is 5.75. The van der Waals surface area contributed by atoms with Crippen molar-refractivity contribution in [1.82, 2.24) is 5.32 Å². The Balaban J connectivity index is 1.41. The summed E-state index contributed by atoms with van der Waals surface area (Å²) in [5, 5.41) is 2.98. The number of sulfonamides is 1. The second-order valence-electron chi connectivity index (χ2n) is 8.61. The lowest BCUT2D eigenvalue weighted by Gasteiger charge is -2.25. The molecule has 0 aromatic heterocycles. The molecule has 196 valence electrons. The third kappa shape index (κ3) is 6.90. The maximum Gasteiger partial charge on any atom is 0.264 e. The first-order valence-electron chi connectivity index (χ1n) is 11.8. The van der Waals surface area contributed by atoms with Crippen molar-refractivity contribution in [3.8, 4) is 5.75 Å². The van der Waals surface area contributed by atoms with E-state index < -0.39 is 22.5 Å². The molecule has 0 heterocycles. The van der Waals surface area contributed by atoms with E-state index in [0.717, 1.165) is 21.0 Å². The van der Waals surface area contributed by atoms with Crippen molar-refractivity contribution in [1.29, 1.82) is 0 Å². The lowest BCUT2D eigenvalue weighted by Crippen LogP contribution is -2.40. The quantitative estimate of drug-likeness (QED) is 0.267. The molecule has 4 rings (SSSR count). The number of para-hydroxylation sites is 1. The van der Waals surface area contributed by atoms with Gasteiger partial charge in [0.1, 0.15) is 24.7 Å². The van der Waals surface area contributed by atoms with Gasteiger partial charge in [-0.2, -0.15) is 0 Å². The van der Waals surface area contributed by atoms with E-state index >= 15 is 0 Å². The fourth-order valence-electron chi connectivity index (χ4n) is 3.63. The lowest BCUT2D eigenvalue weighted by atomic mass is 10.2. The second kappa shape index (κ2) is 12.1. The van der Waals surface area contributed by atoms with E-state index in [4.69, 9.17) is 16.3 Å². The Morgan fingerprint density at radius 1 is 0.895 bits per heavy atom. The van der Waals surface area contributed by atoms with Gasteiger partial charge in [0.05, 0.1) is 15.6 Å². The Hall–Kier alpha value is -3.88. The molecular formula is C29H26ClFN2O4S. The molecule has 0 saturated carbocycles. The summed E-state index contributed by atoms with van der Waals surface area (Å²) in [4.78, 5) is 12.9. The van der Waals surface area contributed by atoms with Crippen molar-refractivity contribution in [2.24, 2.45) is 0 Å². The summed E-state index contributed by atoms with van der Waals surface area (Å²) in [6, 6.07) is 26.1. The van der Waals surface area contributed by atoms with Crippen LogP contribution in [0.3, 0.4) is 0 Å². The van der Waals surface area contributed by atoms with Gasteiger partial charge in [-0.1, -0.05) is 65.7 Å². The monoisotopic (exact) mass is 552 g/mol. The van der Waals surface area contributed by atoms with E-state index in [-0.39, 0.29) is 28.0 Å². The van der Waals surface area contributed by atoms with E-state index in [0.29, 0.717) is 12.4 Å². The van der Waals surface area contributed by atoms with Crippen molar-refractivity contribution in [3.63, 3.8) is 0 Å². The summed E-state index contributed by atoms with van der Waals surface area (Å²) in [7, 11) is -4.06. The Labute approximate surface area is 226 Å². The van der Waals surface area contributed by atoms with Gasteiger partial charge in [0.15, 0.2) is 0 Å². The molecule has 9 heteroatoms. The van der Waals surface area contributed by atoms with Crippen molar-refractivity contribution in [3.05, 3.63) is 125 Å². The summed E-state index contributed by atoms with van der Waals surface area (Å²) >= 11 is 6.31. The maximum atomic E-state index is 13.5. The molecule has 6 nitrogen and oxygen atoms in total. The van der Waals surface area contributed by atoms with Crippen LogP contribution >= 0.6 is 11.6 Å². The third-order valence-corrected chi connectivity index (χ3v) is 7.84. The fraction of sp³-hybridized carbons (Fsp3) is 0.138. The number of benzene rings is 4. The van der Waals surface area contributed by atoms with Gasteiger partial charge in [0.2, 0.25) is 5.91 Å². The van der Waals surface area contributed by atoms with Gasteiger partial charge >= 0.3 is 0 Å². The van der Waals surface area contributed by atoms with Gasteiger partial charge in [0, 0.05) is 6.54 Å². The van der Waals surface area contributed by atoms with E-state index in [2.05, 4.69) is 5.32 Å². The number of halogens is 2. The van der Waals surface area contributed by atoms with Crippen molar-refractivity contribution in [2.75, 3.05) is 10.8 Å². The molecule has 0 aliphatic heterocycles. The van der Waals surface area contributed by atoms with Gasteiger partial charge in [0.25, 0.3) is 10.0 Å². The molecule has 1 N–H and O–H groups in total. The summed E-state index contributed by atoms with van der Waals surface area (Å²) in [5.74, 6) is -0.168. The number of nitrogens with one attached hydrogen (secondary N) is 1. The van der Waals surface area contributed by atoms with E-state index in [1.165, 1.54) is 24.3 Å². The van der Waals surface area contributed by atoms with Crippen molar-refractivity contribution in [2.45, 2.75) is 25.0 Å². The minimum absolute atomic E-state index is 0.0621. The number of amides is 1. The molecule has 0 aliphatic carbocycles. The number of carbonyl (C=O) groups is 1. The van der Waals surface area contributed by atoms with Gasteiger partial charge < -0.3 is 10.1 Å². The fourth-order valence-corrected chi connectivity index (χ4v) is 5.36. The van der Waals surface area contributed by atoms with E-state index in [1.807, 2.05) is 6.92 Å². The molecule has 0 radical (unpaired) electrons. The Bertz CT molecular complexity index is 1490. The number of rotatable bonds is 10. The molecule has 0 saturated heterocycles. The second-order valence-corrected chi connectivity index (χ2v) is 10.9. The maximum absolute atomic E-state index is 13.5. The smallest absolute Gasteiger partial charge is 0.264 e. The zero-order chi connectivity index (χ0) is 27.1. The molecule has 38 heavy (non-hydrogen) atoms. The highest BCUT2D eigenvalue weighted by atomic mass is 35.5. The Kier molecular flexibility index (Phi) is 8.66. The number of carbonyl (C=O) groups excluding carboxylic acids is 1. The number of hydrogen-bond donors (Lipinski definition) is 1. The number of hydrogen-bond acceptors (Lipinski definition) is 4. The number of nitrogens with zero attached hydrogens (tertiary/aromatic N) is 1. The molecular weight excluding hydrogens is 527 g/mol. The lowest BCUT2D eigenvalue weighted by molar-refractivity contribution is -0.119. The van der Waals surface area contributed by atoms with Crippen LogP contribution in [-0.4, -0.2) is 20.9 Å². The summed E-state index contributed by atoms with van der Waals surface area (Å²) < 4.78 is 46.7. The molecule has 0 aliphatic rings. The van der Waals surface area contributed by atoms with Gasteiger partial charge in [-0.25, -0.2) is 12.8 Å². The molecule has 0 unspecified atom stereocenters. The first kappa shape index (κ1) is 27.2. The highest BCUT2D eigenvalue weighted by molar-refractivity contribution is 7.92. The summed E-state index contributed by atoms with van der Waals surface area (Å²) in [6.45, 7) is 1.90. The predicted molar refractivity (Wildman–Crippen MR) is 146 cm³/mol. The van der Waals surface area contributed by atoms with Gasteiger partial charge in [-0.15, -0.1) is 0 Å². The highest BCUT2D eigenvalue weighted by Crippen LogP contribution is 2.30. The molecule has 1 amide bonds. The minimum Gasteiger partial charge on any atom is -0.489 e. The van der Waals surface area contributed by atoms with E-state index in [9.17, 15) is 17.6 Å². The molecule has 0 bridgehead atoms. The van der Waals surface area contributed by atoms with Crippen molar-refractivity contribution < 1.29 is 22.3 Å². The predicted octanol–water partition coefficient (Wildman–Crippen LogP) is 5.88. The molecule has 4 aromatic rings. The first-order valence-corrected chi connectivity index (χ1v) is 13.6. The molecule has 0 fully saturated rings. The summed E-state index contributed by atoms with van der Waals surface area (Å²) in [6.07, 6.45) is 0. The normalized spacial score (nSPS) is 11.1. The average Bonchev–Trinajstić information content (AvgIpc) is 2.91. The topological polar surface area (TPSA) is 75.7 Å². The first-order chi connectivity index (χ1) is 18.2. The van der Waals surface area contributed by atoms with Crippen LogP contribution in [0.5, 0.6) is 5.75 Å². The van der Waals surface area contributed by atoms with Crippen LogP contribution in [0.4, 0.5) is 10.1 Å². The van der Waals surface area contributed by atoms with Crippen LogP contribution in [-0.2, 0) is 28.0 Å². The van der Waals surface area contributed by atoms with Crippen LogP contribution < -0.4 is 14.4 Å². The summed E-state index contributed by atoms with van der Waals surface area (Å²) in [5.41, 5.74) is 2.77. The van der Waals surface area contributed by atoms with Gasteiger partial charge in [-0.3, -0.25) is 9.10 Å². The van der Waals surface area contributed by atoms with Crippen LogP contribution in [0, 0.1) is 12.7 Å². The van der Waals surface area contributed by atoms with Crippen molar-refractivity contribution >= 4 is 33.2 Å². The number of anilines is 1. The molecule has 0 atom stereocenters.